The fourth-order valence-electron chi connectivity index (χ4n) is 3.32. The van der Waals surface area contributed by atoms with Crippen LogP contribution < -0.4 is 10.6 Å². The number of carbonyl (C=O) groups is 1. The molecule has 18 heavy (non-hydrogen) atoms. The van der Waals surface area contributed by atoms with Crippen LogP contribution in [-0.4, -0.2) is 25.0 Å². The summed E-state index contributed by atoms with van der Waals surface area (Å²) in [5.41, 5.74) is 0.400. The van der Waals surface area contributed by atoms with Crippen LogP contribution in [0.15, 0.2) is 0 Å². The van der Waals surface area contributed by atoms with Crippen molar-refractivity contribution in [3.63, 3.8) is 0 Å². The van der Waals surface area contributed by atoms with E-state index < -0.39 is 0 Å². The Labute approximate surface area is 111 Å². The molecule has 1 aliphatic carbocycles. The summed E-state index contributed by atoms with van der Waals surface area (Å²) in [5, 5.41) is 6.49. The first-order valence-corrected chi connectivity index (χ1v) is 7.48. The Hall–Kier alpha value is -0.570. The van der Waals surface area contributed by atoms with Gasteiger partial charge < -0.3 is 10.6 Å². The zero-order chi connectivity index (χ0) is 13.2. The molecule has 2 rings (SSSR count). The van der Waals surface area contributed by atoms with Crippen molar-refractivity contribution < 1.29 is 4.79 Å². The first kappa shape index (κ1) is 13.9. The van der Waals surface area contributed by atoms with Gasteiger partial charge in [0, 0.05) is 18.5 Å². The van der Waals surface area contributed by atoms with E-state index in [1.807, 2.05) is 0 Å². The van der Waals surface area contributed by atoms with Crippen molar-refractivity contribution in [1.29, 1.82) is 0 Å². The topological polar surface area (TPSA) is 41.1 Å². The van der Waals surface area contributed by atoms with Crippen LogP contribution in [0.2, 0.25) is 0 Å². The van der Waals surface area contributed by atoms with Gasteiger partial charge in [-0.25, -0.2) is 0 Å². The van der Waals surface area contributed by atoms with Gasteiger partial charge in [0.15, 0.2) is 0 Å². The molecule has 3 nitrogen and oxygen atoms in total. The van der Waals surface area contributed by atoms with Gasteiger partial charge in [-0.3, -0.25) is 4.79 Å². The lowest BCUT2D eigenvalue weighted by Gasteiger charge is -2.36. The Morgan fingerprint density at radius 2 is 1.78 bits per heavy atom. The Morgan fingerprint density at radius 3 is 2.28 bits per heavy atom. The lowest BCUT2D eigenvalue weighted by molar-refractivity contribution is -0.127. The maximum Gasteiger partial charge on any atom is 0.223 e. The summed E-state index contributed by atoms with van der Waals surface area (Å²) >= 11 is 0. The summed E-state index contributed by atoms with van der Waals surface area (Å²) in [6.45, 7) is 8.96. The van der Waals surface area contributed by atoms with Crippen molar-refractivity contribution in [3.8, 4) is 0 Å². The summed E-state index contributed by atoms with van der Waals surface area (Å²) in [6, 6.07) is 0.373. The molecule has 104 valence electrons. The van der Waals surface area contributed by atoms with Crippen LogP contribution >= 0.6 is 0 Å². The van der Waals surface area contributed by atoms with Crippen molar-refractivity contribution >= 4 is 5.91 Å². The van der Waals surface area contributed by atoms with Crippen molar-refractivity contribution in [2.45, 2.75) is 58.9 Å². The zero-order valence-electron chi connectivity index (χ0n) is 12.1. The third-order valence-corrected chi connectivity index (χ3v) is 4.73. The van der Waals surface area contributed by atoms with Gasteiger partial charge in [0.25, 0.3) is 0 Å². The summed E-state index contributed by atoms with van der Waals surface area (Å²) in [6.07, 6.45) is 5.67. The highest BCUT2D eigenvalue weighted by atomic mass is 16.1. The Balaban J connectivity index is 1.76. The first-order valence-electron chi connectivity index (χ1n) is 7.48. The zero-order valence-corrected chi connectivity index (χ0v) is 12.1. The maximum absolute atomic E-state index is 12.2. The van der Waals surface area contributed by atoms with E-state index in [-0.39, 0.29) is 5.92 Å². The molecule has 3 heteroatoms. The van der Waals surface area contributed by atoms with E-state index in [4.69, 9.17) is 0 Å². The monoisotopic (exact) mass is 252 g/mol. The molecule has 0 unspecified atom stereocenters. The number of carbonyl (C=O) groups excluding carboxylic acids is 1. The molecule has 0 aromatic heterocycles. The van der Waals surface area contributed by atoms with Gasteiger partial charge in [-0.2, -0.15) is 0 Å². The van der Waals surface area contributed by atoms with Crippen LogP contribution in [0.3, 0.4) is 0 Å². The van der Waals surface area contributed by atoms with E-state index >= 15 is 0 Å². The molecule has 0 radical (unpaired) electrons. The molecular weight excluding hydrogens is 224 g/mol. The van der Waals surface area contributed by atoms with E-state index in [1.54, 1.807) is 0 Å². The number of hydrogen-bond donors (Lipinski definition) is 2. The van der Waals surface area contributed by atoms with Crippen LogP contribution in [0, 0.1) is 17.3 Å². The smallest absolute Gasteiger partial charge is 0.223 e. The van der Waals surface area contributed by atoms with Crippen molar-refractivity contribution in [2.24, 2.45) is 17.3 Å². The minimum absolute atomic E-state index is 0.268. The molecule has 0 spiro atoms. The fourth-order valence-corrected chi connectivity index (χ4v) is 3.32. The molecule has 1 aliphatic heterocycles. The lowest BCUT2D eigenvalue weighted by atomic mass is 9.69. The molecule has 0 aromatic rings. The molecular formula is C15H28N2O. The van der Waals surface area contributed by atoms with Gasteiger partial charge in [0.2, 0.25) is 5.91 Å². The Kier molecular flexibility index (Phi) is 4.31. The average Bonchev–Trinajstić information content (AvgIpc) is 2.81. The second kappa shape index (κ2) is 5.60. The molecule has 1 saturated carbocycles. The average molecular weight is 252 g/mol. The summed E-state index contributed by atoms with van der Waals surface area (Å²) in [4.78, 5) is 12.2. The minimum atomic E-state index is 0.268. The van der Waals surface area contributed by atoms with Gasteiger partial charge in [0.05, 0.1) is 0 Å². The first-order chi connectivity index (χ1) is 8.47. The largest absolute Gasteiger partial charge is 0.352 e. The van der Waals surface area contributed by atoms with Gasteiger partial charge >= 0.3 is 0 Å². The standard InChI is InChI=1S/C15H28N2O/c1-15(2,3)12-6-4-11(5-7-12)14(18)17-13-8-9-16-10-13/h11-13,16H,4-10H2,1-3H3,(H,17,18)/t11?,12?,13-/m0/s1. The van der Waals surface area contributed by atoms with Crippen LogP contribution in [-0.2, 0) is 4.79 Å². The number of amides is 1. The van der Waals surface area contributed by atoms with E-state index in [2.05, 4.69) is 31.4 Å². The van der Waals surface area contributed by atoms with Crippen LogP contribution in [0.4, 0.5) is 0 Å². The highest BCUT2D eigenvalue weighted by Crippen LogP contribution is 2.39. The second-order valence-electron chi connectivity index (χ2n) is 7.11. The van der Waals surface area contributed by atoms with E-state index in [1.165, 1.54) is 12.8 Å². The van der Waals surface area contributed by atoms with Gasteiger partial charge in [-0.05, 0) is 50.0 Å². The van der Waals surface area contributed by atoms with Crippen LogP contribution in [0.5, 0.6) is 0 Å². The fraction of sp³-hybridized carbons (Fsp3) is 0.933. The van der Waals surface area contributed by atoms with Crippen molar-refractivity contribution in [2.75, 3.05) is 13.1 Å². The van der Waals surface area contributed by atoms with Gasteiger partial charge in [-0.1, -0.05) is 20.8 Å². The number of rotatable bonds is 2. The third-order valence-electron chi connectivity index (χ3n) is 4.73. The highest BCUT2D eigenvalue weighted by molar-refractivity contribution is 5.79. The second-order valence-corrected chi connectivity index (χ2v) is 7.11. The summed E-state index contributed by atoms with van der Waals surface area (Å²) < 4.78 is 0. The predicted molar refractivity (Wildman–Crippen MR) is 74.3 cm³/mol. The quantitative estimate of drug-likeness (QED) is 0.792. The van der Waals surface area contributed by atoms with Crippen LogP contribution in [0.25, 0.3) is 0 Å². The van der Waals surface area contributed by atoms with Crippen molar-refractivity contribution in [1.82, 2.24) is 10.6 Å². The van der Waals surface area contributed by atoms with Gasteiger partial charge in [0.1, 0.15) is 0 Å². The third kappa shape index (κ3) is 3.47. The lowest BCUT2D eigenvalue weighted by Crippen LogP contribution is -2.41. The molecule has 1 saturated heterocycles. The highest BCUT2D eigenvalue weighted by Gasteiger charge is 2.33. The SMILES string of the molecule is CC(C)(C)C1CCC(C(=O)N[C@H]2CCNC2)CC1. The molecule has 2 N–H and O–H groups in total. The normalized spacial score (nSPS) is 33.4. The van der Waals surface area contributed by atoms with Gasteiger partial charge in [-0.15, -0.1) is 0 Å². The summed E-state index contributed by atoms with van der Waals surface area (Å²) in [7, 11) is 0. The molecule has 2 aliphatic rings. The minimum Gasteiger partial charge on any atom is -0.352 e. The molecule has 2 fully saturated rings. The Morgan fingerprint density at radius 1 is 1.11 bits per heavy atom. The van der Waals surface area contributed by atoms with Crippen LogP contribution in [0.1, 0.15) is 52.9 Å². The maximum atomic E-state index is 12.2. The number of hydrogen-bond acceptors (Lipinski definition) is 2. The van der Waals surface area contributed by atoms with E-state index in [0.29, 0.717) is 17.4 Å². The molecule has 0 aromatic carbocycles. The molecule has 1 amide bonds. The number of nitrogens with one attached hydrogen (secondary N) is 2. The Bertz CT molecular complexity index is 281. The molecule has 1 atom stereocenters. The van der Waals surface area contributed by atoms with E-state index in [9.17, 15) is 4.79 Å². The van der Waals surface area contributed by atoms with E-state index in [0.717, 1.165) is 38.3 Å². The molecule has 1 heterocycles. The van der Waals surface area contributed by atoms with Crippen molar-refractivity contribution in [3.05, 3.63) is 0 Å². The predicted octanol–water partition coefficient (Wildman–Crippen LogP) is 2.32. The molecule has 0 bridgehead atoms. The summed E-state index contributed by atoms with van der Waals surface area (Å²) in [5.74, 6) is 1.36.